The maximum absolute atomic E-state index is 12.4. The van der Waals surface area contributed by atoms with Crippen molar-refractivity contribution in [3.05, 3.63) is 36.7 Å². The van der Waals surface area contributed by atoms with E-state index in [9.17, 15) is 4.79 Å². The summed E-state index contributed by atoms with van der Waals surface area (Å²) in [5.74, 6) is 1.12. The van der Waals surface area contributed by atoms with Gasteiger partial charge in [0.1, 0.15) is 5.69 Å². The van der Waals surface area contributed by atoms with Crippen molar-refractivity contribution < 1.29 is 9.53 Å². The molecule has 0 aromatic carbocycles. The van der Waals surface area contributed by atoms with Crippen molar-refractivity contribution in [3.8, 4) is 5.88 Å². The molecule has 1 aliphatic rings. The quantitative estimate of drug-likeness (QED) is 0.855. The van der Waals surface area contributed by atoms with Gasteiger partial charge in [0.15, 0.2) is 5.82 Å². The average molecular weight is 342 g/mol. The minimum atomic E-state index is -0.0713. The van der Waals surface area contributed by atoms with Crippen molar-refractivity contribution in [1.82, 2.24) is 24.8 Å². The Balaban J connectivity index is 1.56. The lowest BCUT2D eigenvalue weighted by Gasteiger charge is -2.32. The fourth-order valence-electron chi connectivity index (χ4n) is 2.72. The van der Waals surface area contributed by atoms with Gasteiger partial charge in [0.05, 0.1) is 12.8 Å². The molecule has 0 radical (unpaired) electrons. The number of anilines is 1. The lowest BCUT2D eigenvalue weighted by molar-refractivity contribution is 0.0712. The lowest BCUT2D eigenvalue weighted by atomic mass is 10.0. The van der Waals surface area contributed by atoms with Crippen LogP contribution in [0.25, 0.3) is 0 Å². The third kappa shape index (κ3) is 4.40. The summed E-state index contributed by atoms with van der Waals surface area (Å²) in [6.45, 7) is 3.99. The Morgan fingerprint density at radius 3 is 2.68 bits per heavy atom. The van der Waals surface area contributed by atoms with Crippen molar-refractivity contribution in [2.45, 2.75) is 32.2 Å². The van der Waals surface area contributed by atoms with E-state index in [1.165, 1.54) is 12.4 Å². The molecule has 0 atom stereocenters. The van der Waals surface area contributed by atoms with Gasteiger partial charge in [-0.3, -0.25) is 9.78 Å². The zero-order valence-electron chi connectivity index (χ0n) is 14.3. The highest BCUT2D eigenvalue weighted by Gasteiger charge is 2.25. The molecule has 8 heteroatoms. The Hall–Kier alpha value is -2.77. The van der Waals surface area contributed by atoms with Crippen molar-refractivity contribution in [2.75, 3.05) is 25.0 Å². The first kappa shape index (κ1) is 17.1. The van der Waals surface area contributed by atoms with E-state index < -0.39 is 0 Å². The number of carbonyl (C=O) groups is 1. The summed E-state index contributed by atoms with van der Waals surface area (Å²) < 4.78 is 5.63. The predicted octanol–water partition coefficient (Wildman–Crippen LogP) is 1.77. The molecule has 2 aromatic heterocycles. The highest BCUT2D eigenvalue weighted by molar-refractivity contribution is 5.92. The second kappa shape index (κ2) is 8.36. The summed E-state index contributed by atoms with van der Waals surface area (Å²) in [4.78, 5) is 30.8. The predicted molar refractivity (Wildman–Crippen MR) is 92.4 cm³/mol. The molecular weight excluding hydrogens is 320 g/mol. The van der Waals surface area contributed by atoms with E-state index in [-0.39, 0.29) is 11.9 Å². The van der Waals surface area contributed by atoms with E-state index in [2.05, 4.69) is 25.3 Å². The third-order valence-corrected chi connectivity index (χ3v) is 4.01. The summed E-state index contributed by atoms with van der Waals surface area (Å²) in [5.41, 5.74) is 0.387. The van der Waals surface area contributed by atoms with Gasteiger partial charge in [-0.05, 0) is 19.3 Å². The van der Waals surface area contributed by atoms with Crippen LogP contribution in [0.2, 0.25) is 0 Å². The molecule has 1 fully saturated rings. The average Bonchev–Trinajstić information content (AvgIpc) is 2.68. The summed E-state index contributed by atoms with van der Waals surface area (Å²) >= 11 is 0. The minimum Gasteiger partial charge on any atom is -0.475 e. The van der Waals surface area contributed by atoms with E-state index in [1.807, 2.05) is 11.8 Å². The molecule has 1 amide bonds. The number of nitrogens with zero attached hydrogens (tertiary/aromatic N) is 5. The molecule has 0 saturated carbocycles. The number of ether oxygens (including phenoxy) is 1. The Kier molecular flexibility index (Phi) is 5.71. The van der Waals surface area contributed by atoms with E-state index >= 15 is 0 Å². The van der Waals surface area contributed by atoms with Crippen LogP contribution in [0.4, 0.5) is 5.82 Å². The van der Waals surface area contributed by atoms with E-state index in [0.717, 1.165) is 19.3 Å². The first-order chi connectivity index (χ1) is 12.3. The van der Waals surface area contributed by atoms with Crippen LogP contribution in [0.3, 0.4) is 0 Å². The molecule has 3 heterocycles. The molecule has 3 rings (SSSR count). The first-order valence-corrected chi connectivity index (χ1v) is 8.53. The lowest BCUT2D eigenvalue weighted by Crippen LogP contribution is -2.42. The summed E-state index contributed by atoms with van der Waals surface area (Å²) in [7, 11) is 0. The second-order valence-electron chi connectivity index (χ2n) is 5.86. The van der Waals surface area contributed by atoms with Crippen LogP contribution >= 0.6 is 0 Å². The molecule has 0 unspecified atom stereocenters. The Morgan fingerprint density at radius 1 is 1.20 bits per heavy atom. The first-order valence-electron chi connectivity index (χ1n) is 8.53. The van der Waals surface area contributed by atoms with E-state index in [1.54, 1.807) is 18.6 Å². The van der Waals surface area contributed by atoms with Crippen LogP contribution in [0.1, 0.15) is 36.7 Å². The number of piperidine rings is 1. The van der Waals surface area contributed by atoms with Crippen molar-refractivity contribution in [3.63, 3.8) is 0 Å². The Bertz CT molecular complexity index is 689. The summed E-state index contributed by atoms with van der Waals surface area (Å²) in [5, 5.41) is 3.39. The normalized spacial score (nSPS) is 15.0. The minimum absolute atomic E-state index is 0.0713. The van der Waals surface area contributed by atoms with Gasteiger partial charge in [0.2, 0.25) is 0 Å². The standard InChI is InChI=1S/C17H22N6O2/c1-2-11-25-16-15(20-7-8-21-16)22-13-3-9-23(10-4-13)17(24)14-12-18-5-6-19-14/h5-8,12-13H,2-4,9-11H2,1H3,(H,20,22). The van der Waals surface area contributed by atoms with Crippen LogP contribution in [0.15, 0.2) is 31.0 Å². The van der Waals surface area contributed by atoms with Gasteiger partial charge < -0.3 is 15.0 Å². The number of hydrogen-bond donors (Lipinski definition) is 1. The van der Waals surface area contributed by atoms with Gasteiger partial charge in [-0.15, -0.1) is 0 Å². The molecule has 1 N–H and O–H groups in total. The van der Waals surface area contributed by atoms with Crippen molar-refractivity contribution >= 4 is 11.7 Å². The van der Waals surface area contributed by atoms with Gasteiger partial charge >= 0.3 is 0 Å². The zero-order valence-corrected chi connectivity index (χ0v) is 14.3. The van der Waals surface area contributed by atoms with Crippen LogP contribution < -0.4 is 10.1 Å². The molecule has 1 aliphatic heterocycles. The fourth-order valence-corrected chi connectivity index (χ4v) is 2.72. The van der Waals surface area contributed by atoms with Gasteiger partial charge in [-0.25, -0.2) is 15.0 Å². The Morgan fingerprint density at radius 2 is 1.96 bits per heavy atom. The molecular formula is C17H22N6O2. The van der Waals surface area contributed by atoms with E-state index in [4.69, 9.17) is 4.74 Å². The molecule has 0 spiro atoms. The number of rotatable bonds is 6. The number of carbonyl (C=O) groups excluding carboxylic acids is 1. The van der Waals surface area contributed by atoms with Crippen molar-refractivity contribution in [2.24, 2.45) is 0 Å². The maximum atomic E-state index is 12.4. The van der Waals surface area contributed by atoms with Crippen molar-refractivity contribution in [1.29, 1.82) is 0 Å². The molecule has 1 saturated heterocycles. The van der Waals surface area contributed by atoms with Crippen LogP contribution in [-0.4, -0.2) is 56.5 Å². The van der Waals surface area contributed by atoms with E-state index in [0.29, 0.717) is 37.1 Å². The fraction of sp³-hybridized carbons (Fsp3) is 0.471. The number of hydrogen-bond acceptors (Lipinski definition) is 7. The number of likely N-dealkylation sites (tertiary alicyclic amines) is 1. The molecule has 132 valence electrons. The third-order valence-electron chi connectivity index (χ3n) is 4.01. The highest BCUT2D eigenvalue weighted by atomic mass is 16.5. The smallest absolute Gasteiger partial charge is 0.274 e. The zero-order chi connectivity index (χ0) is 17.5. The molecule has 0 bridgehead atoms. The Labute approximate surface area is 146 Å². The molecule has 0 aliphatic carbocycles. The second-order valence-corrected chi connectivity index (χ2v) is 5.86. The SMILES string of the molecule is CCCOc1nccnc1NC1CCN(C(=O)c2cnccn2)CC1. The van der Waals surface area contributed by atoms with Gasteiger partial charge in [0, 0.05) is 43.9 Å². The number of amides is 1. The molecule has 25 heavy (non-hydrogen) atoms. The maximum Gasteiger partial charge on any atom is 0.274 e. The van der Waals surface area contributed by atoms with Crippen LogP contribution in [-0.2, 0) is 0 Å². The van der Waals surface area contributed by atoms with Crippen LogP contribution in [0, 0.1) is 0 Å². The van der Waals surface area contributed by atoms with Gasteiger partial charge in [-0.1, -0.05) is 6.92 Å². The largest absolute Gasteiger partial charge is 0.475 e. The summed E-state index contributed by atoms with van der Waals surface area (Å²) in [6, 6.07) is 0.228. The van der Waals surface area contributed by atoms with Crippen LogP contribution in [0.5, 0.6) is 5.88 Å². The monoisotopic (exact) mass is 342 g/mol. The molecule has 2 aromatic rings. The van der Waals surface area contributed by atoms with Gasteiger partial charge in [0.25, 0.3) is 11.8 Å². The number of nitrogens with one attached hydrogen (secondary N) is 1. The summed E-state index contributed by atoms with van der Waals surface area (Å²) in [6.07, 6.45) is 10.4. The van der Waals surface area contributed by atoms with Gasteiger partial charge in [-0.2, -0.15) is 0 Å². The highest BCUT2D eigenvalue weighted by Crippen LogP contribution is 2.22. The topological polar surface area (TPSA) is 93.1 Å². The number of aromatic nitrogens is 4. The molecule has 8 nitrogen and oxygen atoms in total.